The van der Waals surface area contributed by atoms with Crippen LogP contribution in [0.25, 0.3) is 10.8 Å². The van der Waals surface area contributed by atoms with Gasteiger partial charge in [-0.15, -0.1) is 0 Å². The molecule has 2 aromatic carbocycles. The molecule has 0 aliphatic carbocycles. The maximum Gasteiger partial charge on any atom is 0.347 e. The van der Waals surface area contributed by atoms with Gasteiger partial charge in [-0.1, -0.05) is 18.2 Å². The zero-order valence-electron chi connectivity index (χ0n) is 18.1. The molecule has 1 amide bonds. The summed E-state index contributed by atoms with van der Waals surface area (Å²) in [5.41, 5.74) is 2.47. The van der Waals surface area contributed by atoms with E-state index < -0.39 is 12.1 Å². The standard InChI is InChI=1S/C24H26N2O5/c1-5-30-24(29)17(4)31-21-11-7-9-19-18(21)12-13-26(23(19)28)14-22(27)25-20-10-6-8-15(2)16(20)3/h6-13,17H,5,14H2,1-4H3,(H,25,27)/t17-/m0/s1. The SMILES string of the molecule is CCOC(=O)[C@H](C)Oc1cccc2c(=O)n(CC(=O)Nc3cccc(C)c3C)ccc12. The van der Waals surface area contributed by atoms with E-state index in [4.69, 9.17) is 9.47 Å². The monoisotopic (exact) mass is 422 g/mol. The summed E-state index contributed by atoms with van der Waals surface area (Å²) in [4.78, 5) is 37.3. The molecular formula is C24H26N2O5. The van der Waals surface area contributed by atoms with Crippen LogP contribution in [0.3, 0.4) is 0 Å². The number of benzene rings is 2. The Hall–Kier alpha value is -3.61. The van der Waals surface area contributed by atoms with E-state index in [0.717, 1.165) is 16.8 Å². The van der Waals surface area contributed by atoms with Crippen molar-refractivity contribution >= 4 is 28.3 Å². The second-order valence-corrected chi connectivity index (χ2v) is 7.27. The van der Waals surface area contributed by atoms with Crippen molar-refractivity contribution in [3.63, 3.8) is 0 Å². The van der Waals surface area contributed by atoms with Gasteiger partial charge in [0.2, 0.25) is 5.91 Å². The average Bonchev–Trinajstić information content (AvgIpc) is 2.74. The molecule has 0 spiro atoms. The van der Waals surface area contributed by atoms with E-state index in [2.05, 4.69) is 5.32 Å². The Morgan fingerprint density at radius 3 is 2.55 bits per heavy atom. The van der Waals surface area contributed by atoms with E-state index in [1.165, 1.54) is 4.57 Å². The molecule has 7 heteroatoms. The number of pyridine rings is 1. The van der Waals surface area contributed by atoms with Crippen molar-refractivity contribution in [2.24, 2.45) is 0 Å². The van der Waals surface area contributed by atoms with Crippen molar-refractivity contribution in [3.05, 3.63) is 70.1 Å². The number of anilines is 1. The molecule has 0 bridgehead atoms. The van der Waals surface area contributed by atoms with Crippen molar-refractivity contribution in [1.82, 2.24) is 4.57 Å². The van der Waals surface area contributed by atoms with Gasteiger partial charge in [-0.25, -0.2) is 4.79 Å². The first-order valence-corrected chi connectivity index (χ1v) is 10.1. The highest BCUT2D eigenvalue weighted by atomic mass is 16.6. The van der Waals surface area contributed by atoms with Crippen LogP contribution in [0.2, 0.25) is 0 Å². The first-order chi connectivity index (χ1) is 14.8. The molecule has 0 aliphatic rings. The van der Waals surface area contributed by atoms with Gasteiger partial charge in [-0.05, 0) is 63.1 Å². The predicted octanol–water partition coefficient (Wildman–Crippen LogP) is 3.59. The van der Waals surface area contributed by atoms with Crippen LogP contribution in [0.1, 0.15) is 25.0 Å². The molecule has 0 saturated carbocycles. The van der Waals surface area contributed by atoms with Crippen molar-refractivity contribution in [1.29, 1.82) is 0 Å². The number of nitrogens with zero attached hydrogens (tertiary/aromatic N) is 1. The Balaban J connectivity index is 1.83. The minimum absolute atomic E-state index is 0.119. The fraction of sp³-hybridized carbons (Fsp3) is 0.292. The molecule has 31 heavy (non-hydrogen) atoms. The summed E-state index contributed by atoms with van der Waals surface area (Å²) in [6.07, 6.45) is 0.742. The molecule has 3 aromatic rings. The van der Waals surface area contributed by atoms with E-state index >= 15 is 0 Å². The highest BCUT2D eigenvalue weighted by Crippen LogP contribution is 2.24. The van der Waals surface area contributed by atoms with Gasteiger partial charge in [0.15, 0.2) is 6.10 Å². The van der Waals surface area contributed by atoms with Crippen LogP contribution in [0.15, 0.2) is 53.5 Å². The van der Waals surface area contributed by atoms with Gasteiger partial charge in [-0.2, -0.15) is 0 Å². The van der Waals surface area contributed by atoms with E-state index in [-0.39, 0.29) is 24.6 Å². The third-order valence-corrected chi connectivity index (χ3v) is 5.09. The Labute approximate surface area is 180 Å². The number of nitrogens with one attached hydrogen (secondary N) is 1. The number of ether oxygens (including phenoxy) is 2. The fourth-order valence-electron chi connectivity index (χ4n) is 3.25. The number of hydrogen-bond acceptors (Lipinski definition) is 5. The topological polar surface area (TPSA) is 86.6 Å². The molecule has 1 atom stereocenters. The summed E-state index contributed by atoms with van der Waals surface area (Å²) in [6, 6.07) is 12.4. The van der Waals surface area contributed by atoms with Crippen LogP contribution < -0.4 is 15.6 Å². The van der Waals surface area contributed by atoms with Crippen LogP contribution in [-0.4, -0.2) is 29.2 Å². The highest BCUT2D eigenvalue weighted by Gasteiger charge is 2.18. The van der Waals surface area contributed by atoms with Crippen molar-refractivity contribution in [2.45, 2.75) is 40.3 Å². The molecule has 0 radical (unpaired) electrons. The molecule has 0 aliphatic heterocycles. The van der Waals surface area contributed by atoms with Gasteiger partial charge < -0.3 is 19.4 Å². The zero-order valence-corrected chi connectivity index (χ0v) is 18.1. The number of carbonyl (C=O) groups excluding carboxylic acids is 2. The normalized spacial score (nSPS) is 11.7. The summed E-state index contributed by atoms with van der Waals surface area (Å²) in [6.45, 7) is 7.37. The van der Waals surface area contributed by atoms with Crippen molar-refractivity contribution < 1.29 is 19.1 Å². The van der Waals surface area contributed by atoms with Gasteiger partial charge in [-0.3, -0.25) is 9.59 Å². The fourth-order valence-corrected chi connectivity index (χ4v) is 3.25. The highest BCUT2D eigenvalue weighted by molar-refractivity contribution is 5.92. The molecule has 0 fully saturated rings. The third-order valence-electron chi connectivity index (χ3n) is 5.09. The Morgan fingerprint density at radius 1 is 1.06 bits per heavy atom. The third kappa shape index (κ3) is 4.94. The number of aryl methyl sites for hydroxylation is 1. The summed E-state index contributed by atoms with van der Waals surface area (Å²) in [5.74, 6) is -0.364. The van der Waals surface area contributed by atoms with Gasteiger partial charge in [0.25, 0.3) is 5.56 Å². The van der Waals surface area contributed by atoms with Crippen LogP contribution in [0.5, 0.6) is 5.75 Å². The van der Waals surface area contributed by atoms with Crippen molar-refractivity contribution in [3.8, 4) is 5.75 Å². The summed E-state index contributed by atoms with van der Waals surface area (Å²) in [7, 11) is 0. The lowest BCUT2D eigenvalue weighted by Crippen LogP contribution is -2.28. The van der Waals surface area contributed by atoms with E-state index in [9.17, 15) is 14.4 Å². The second-order valence-electron chi connectivity index (χ2n) is 7.27. The first-order valence-electron chi connectivity index (χ1n) is 10.1. The van der Waals surface area contributed by atoms with Crippen molar-refractivity contribution in [2.75, 3.05) is 11.9 Å². The molecule has 0 unspecified atom stereocenters. The number of amides is 1. The van der Waals surface area contributed by atoms with Gasteiger partial charge in [0.1, 0.15) is 12.3 Å². The van der Waals surface area contributed by atoms with Crippen LogP contribution in [-0.2, 0) is 20.9 Å². The Morgan fingerprint density at radius 2 is 1.81 bits per heavy atom. The first kappa shape index (κ1) is 22.1. The maximum atomic E-state index is 12.9. The summed E-state index contributed by atoms with van der Waals surface area (Å²) in [5, 5.41) is 3.83. The predicted molar refractivity (Wildman–Crippen MR) is 119 cm³/mol. The lowest BCUT2D eigenvalue weighted by Gasteiger charge is -2.16. The molecule has 162 valence electrons. The molecular weight excluding hydrogens is 396 g/mol. The minimum atomic E-state index is -0.809. The molecule has 1 heterocycles. The lowest BCUT2D eigenvalue weighted by molar-refractivity contribution is -0.150. The molecule has 1 N–H and O–H groups in total. The summed E-state index contributed by atoms with van der Waals surface area (Å²) < 4.78 is 12.0. The maximum absolute atomic E-state index is 12.9. The minimum Gasteiger partial charge on any atom is -0.478 e. The van der Waals surface area contributed by atoms with Gasteiger partial charge >= 0.3 is 5.97 Å². The lowest BCUT2D eigenvalue weighted by atomic mass is 10.1. The zero-order chi connectivity index (χ0) is 22.5. The Kier molecular flexibility index (Phi) is 6.74. The van der Waals surface area contributed by atoms with E-state index in [0.29, 0.717) is 16.5 Å². The number of esters is 1. The van der Waals surface area contributed by atoms with E-state index in [1.54, 1.807) is 44.3 Å². The average molecular weight is 422 g/mol. The molecule has 0 saturated heterocycles. The van der Waals surface area contributed by atoms with E-state index in [1.807, 2.05) is 32.0 Å². The number of fused-ring (bicyclic) bond motifs is 1. The number of carbonyl (C=O) groups is 2. The Bertz CT molecular complexity index is 1180. The largest absolute Gasteiger partial charge is 0.478 e. The molecule has 7 nitrogen and oxygen atoms in total. The van der Waals surface area contributed by atoms with Crippen LogP contribution in [0, 0.1) is 13.8 Å². The quantitative estimate of drug-likeness (QED) is 0.588. The number of hydrogen-bond donors (Lipinski definition) is 1. The number of rotatable bonds is 7. The van der Waals surface area contributed by atoms with Gasteiger partial charge in [0, 0.05) is 17.3 Å². The second kappa shape index (κ2) is 9.47. The van der Waals surface area contributed by atoms with Crippen LogP contribution in [0.4, 0.5) is 5.69 Å². The molecule has 1 aromatic heterocycles. The smallest absolute Gasteiger partial charge is 0.347 e. The number of aromatic nitrogens is 1. The van der Waals surface area contributed by atoms with Crippen LogP contribution >= 0.6 is 0 Å². The van der Waals surface area contributed by atoms with Gasteiger partial charge in [0.05, 0.1) is 12.0 Å². The molecule has 3 rings (SSSR count). The summed E-state index contributed by atoms with van der Waals surface area (Å²) >= 11 is 0.